The Morgan fingerprint density at radius 1 is 1.03 bits per heavy atom. The molecule has 0 N–H and O–H groups in total. The number of rotatable bonds is 7. The van der Waals surface area contributed by atoms with Crippen LogP contribution in [0.25, 0.3) is 6.08 Å². The molecule has 1 saturated heterocycles. The highest BCUT2D eigenvalue weighted by molar-refractivity contribution is 7.89. The Kier molecular flexibility index (Phi) is 7.70. The van der Waals surface area contributed by atoms with Crippen molar-refractivity contribution in [2.45, 2.75) is 24.8 Å². The van der Waals surface area contributed by atoms with Crippen molar-refractivity contribution in [3.05, 3.63) is 59.7 Å². The first-order valence-corrected chi connectivity index (χ1v) is 11.8. The van der Waals surface area contributed by atoms with E-state index < -0.39 is 26.6 Å². The van der Waals surface area contributed by atoms with Gasteiger partial charge in [0.05, 0.1) is 13.2 Å². The van der Waals surface area contributed by atoms with Crippen LogP contribution in [0.4, 0.5) is 8.78 Å². The predicted octanol–water partition coefficient (Wildman–Crippen LogP) is 3.31. The summed E-state index contributed by atoms with van der Waals surface area (Å²) in [6.45, 7) is 4.03. The molecule has 7 nitrogen and oxygen atoms in total. The van der Waals surface area contributed by atoms with E-state index in [1.54, 1.807) is 24.3 Å². The molecular weight excluding hydrogens is 454 g/mol. The third kappa shape index (κ3) is 5.88. The number of ether oxygens (including phenoxy) is 2. The van der Waals surface area contributed by atoms with Crippen LogP contribution in [0.2, 0.25) is 0 Å². The number of hydrogen-bond donors (Lipinski definition) is 0. The number of carbonyl (C=O) groups excluding carboxylic acids is 1. The van der Waals surface area contributed by atoms with Gasteiger partial charge in [-0.1, -0.05) is 6.07 Å². The monoisotopic (exact) mass is 480 g/mol. The maximum absolute atomic E-state index is 14.0. The normalized spacial score (nSPS) is 15.3. The third-order valence-electron chi connectivity index (χ3n) is 5.03. The number of benzene rings is 2. The van der Waals surface area contributed by atoms with Crippen LogP contribution >= 0.6 is 0 Å². The van der Waals surface area contributed by atoms with E-state index in [0.29, 0.717) is 17.6 Å². The molecule has 2 aromatic carbocycles. The zero-order valence-corrected chi connectivity index (χ0v) is 19.4. The van der Waals surface area contributed by atoms with E-state index >= 15 is 0 Å². The largest absolute Gasteiger partial charge is 0.493 e. The Labute approximate surface area is 192 Å². The van der Waals surface area contributed by atoms with Crippen LogP contribution in [-0.4, -0.2) is 62.9 Å². The summed E-state index contributed by atoms with van der Waals surface area (Å²) in [5.41, 5.74) is 0.735. The molecule has 0 atom stereocenters. The number of piperazine rings is 1. The number of amides is 1. The second kappa shape index (κ2) is 10.3. The smallest absolute Gasteiger partial charge is 0.246 e. The molecule has 1 heterocycles. The lowest BCUT2D eigenvalue weighted by Crippen LogP contribution is -2.50. The summed E-state index contributed by atoms with van der Waals surface area (Å²) in [6.07, 6.45) is 3.02. The summed E-state index contributed by atoms with van der Waals surface area (Å²) < 4.78 is 64.8. The quantitative estimate of drug-likeness (QED) is 0.569. The van der Waals surface area contributed by atoms with Gasteiger partial charge in [0.2, 0.25) is 15.9 Å². The summed E-state index contributed by atoms with van der Waals surface area (Å²) in [4.78, 5) is 13.4. The summed E-state index contributed by atoms with van der Waals surface area (Å²) in [5.74, 6) is -0.998. The maximum Gasteiger partial charge on any atom is 0.246 e. The van der Waals surface area contributed by atoms with Gasteiger partial charge in [-0.05, 0) is 55.8 Å². The SMILES string of the molecule is COc1cc(/C=C/C(=O)N2CCN(S(=O)(=O)c3cc(F)ccc3F)CC2)ccc1OC(C)C. The van der Waals surface area contributed by atoms with Crippen molar-refractivity contribution in [3.63, 3.8) is 0 Å². The lowest BCUT2D eigenvalue weighted by atomic mass is 10.2. The first-order chi connectivity index (χ1) is 15.6. The van der Waals surface area contributed by atoms with Crippen molar-refractivity contribution < 1.29 is 31.5 Å². The molecule has 178 valence electrons. The topological polar surface area (TPSA) is 76.2 Å². The average molecular weight is 481 g/mol. The molecule has 0 spiro atoms. The van der Waals surface area contributed by atoms with Gasteiger partial charge in [0.1, 0.15) is 16.5 Å². The van der Waals surface area contributed by atoms with Gasteiger partial charge in [-0.3, -0.25) is 4.79 Å². The molecule has 10 heteroatoms. The van der Waals surface area contributed by atoms with Gasteiger partial charge >= 0.3 is 0 Å². The number of carbonyl (C=O) groups is 1. The Morgan fingerprint density at radius 3 is 2.36 bits per heavy atom. The van der Waals surface area contributed by atoms with E-state index in [0.717, 1.165) is 22.0 Å². The molecule has 33 heavy (non-hydrogen) atoms. The first-order valence-electron chi connectivity index (χ1n) is 10.4. The molecule has 0 bridgehead atoms. The van der Waals surface area contributed by atoms with E-state index in [4.69, 9.17) is 9.47 Å². The van der Waals surface area contributed by atoms with Crippen molar-refractivity contribution in [1.82, 2.24) is 9.21 Å². The van der Waals surface area contributed by atoms with Crippen LogP contribution < -0.4 is 9.47 Å². The fraction of sp³-hybridized carbons (Fsp3) is 0.348. The predicted molar refractivity (Wildman–Crippen MR) is 119 cm³/mol. The zero-order chi connectivity index (χ0) is 24.2. The van der Waals surface area contributed by atoms with Crippen molar-refractivity contribution in [2.75, 3.05) is 33.3 Å². The van der Waals surface area contributed by atoms with E-state index in [-0.39, 0.29) is 38.2 Å². The van der Waals surface area contributed by atoms with Gasteiger partial charge in [-0.25, -0.2) is 17.2 Å². The van der Waals surface area contributed by atoms with Gasteiger partial charge in [0, 0.05) is 32.3 Å². The molecule has 0 saturated carbocycles. The molecule has 1 aliphatic rings. The van der Waals surface area contributed by atoms with Gasteiger partial charge in [-0.2, -0.15) is 4.31 Å². The Balaban J connectivity index is 1.64. The standard InChI is InChI=1S/C23H26F2N2O5S/c1-16(2)32-20-8-4-17(14-21(20)31-3)5-9-23(28)26-10-12-27(13-11-26)33(29,30)22-15-18(24)6-7-19(22)25/h4-9,14-16H,10-13H2,1-3H3/b9-5+. The first kappa shape index (κ1) is 24.7. The lowest BCUT2D eigenvalue weighted by Gasteiger charge is -2.33. The third-order valence-corrected chi connectivity index (χ3v) is 6.94. The minimum atomic E-state index is -4.20. The molecular formula is C23H26F2N2O5S. The summed E-state index contributed by atoms with van der Waals surface area (Å²) >= 11 is 0. The van der Waals surface area contributed by atoms with Crippen LogP contribution in [0.15, 0.2) is 47.4 Å². The van der Waals surface area contributed by atoms with Crippen LogP contribution in [0.1, 0.15) is 19.4 Å². The second-order valence-electron chi connectivity index (χ2n) is 7.71. The van der Waals surface area contributed by atoms with E-state index in [1.807, 2.05) is 13.8 Å². The van der Waals surface area contributed by atoms with Crippen molar-refractivity contribution >= 4 is 22.0 Å². The summed E-state index contributed by atoms with van der Waals surface area (Å²) in [6, 6.07) is 7.61. The van der Waals surface area contributed by atoms with E-state index in [2.05, 4.69) is 0 Å². The van der Waals surface area contributed by atoms with Gasteiger partial charge < -0.3 is 14.4 Å². The second-order valence-corrected chi connectivity index (χ2v) is 9.62. The summed E-state index contributed by atoms with van der Waals surface area (Å²) in [7, 11) is -2.67. The van der Waals surface area contributed by atoms with E-state index in [1.165, 1.54) is 18.1 Å². The summed E-state index contributed by atoms with van der Waals surface area (Å²) in [5, 5.41) is 0. The molecule has 0 aliphatic carbocycles. The maximum atomic E-state index is 14.0. The van der Waals surface area contributed by atoms with E-state index in [9.17, 15) is 22.0 Å². The molecule has 1 aliphatic heterocycles. The molecule has 0 aromatic heterocycles. The molecule has 1 fully saturated rings. The number of nitrogens with zero attached hydrogens (tertiary/aromatic N) is 2. The highest BCUT2D eigenvalue weighted by atomic mass is 32.2. The number of sulfonamides is 1. The minimum Gasteiger partial charge on any atom is -0.493 e. The van der Waals surface area contributed by atoms with Gasteiger partial charge in [-0.15, -0.1) is 0 Å². The Hall–Kier alpha value is -2.98. The zero-order valence-electron chi connectivity index (χ0n) is 18.6. The molecule has 0 unspecified atom stereocenters. The number of hydrogen-bond acceptors (Lipinski definition) is 5. The van der Waals surface area contributed by atoms with Crippen molar-refractivity contribution in [2.24, 2.45) is 0 Å². The molecule has 3 rings (SSSR count). The van der Waals surface area contributed by atoms with Crippen LogP contribution in [-0.2, 0) is 14.8 Å². The minimum absolute atomic E-state index is 0.0123. The number of halogens is 2. The lowest BCUT2D eigenvalue weighted by molar-refractivity contribution is -0.127. The fourth-order valence-electron chi connectivity index (χ4n) is 3.37. The molecule has 2 aromatic rings. The molecule has 0 radical (unpaired) electrons. The van der Waals surface area contributed by atoms with Crippen LogP contribution in [0.5, 0.6) is 11.5 Å². The Bertz CT molecular complexity index is 1140. The number of methoxy groups -OCH3 is 1. The van der Waals surface area contributed by atoms with Crippen molar-refractivity contribution in [3.8, 4) is 11.5 Å². The van der Waals surface area contributed by atoms with Crippen LogP contribution in [0.3, 0.4) is 0 Å². The highest BCUT2D eigenvalue weighted by Crippen LogP contribution is 2.29. The average Bonchev–Trinajstić information content (AvgIpc) is 2.79. The Morgan fingerprint density at radius 2 is 1.73 bits per heavy atom. The van der Waals surface area contributed by atoms with Crippen molar-refractivity contribution in [1.29, 1.82) is 0 Å². The highest BCUT2D eigenvalue weighted by Gasteiger charge is 2.31. The van der Waals surface area contributed by atoms with Gasteiger partial charge in [0.15, 0.2) is 11.5 Å². The molecule has 1 amide bonds. The fourth-order valence-corrected chi connectivity index (χ4v) is 4.87. The van der Waals surface area contributed by atoms with Gasteiger partial charge in [0.25, 0.3) is 0 Å². The van der Waals surface area contributed by atoms with Crippen LogP contribution in [0, 0.1) is 11.6 Å².